The van der Waals surface area contributed by atoms with E-state index in [9.17, 15) is 13.2 Å². The van der Waals surface area contributed by atoms with E-state index in [1.54, 1.807) is 19.2 Å². The molecule has 0 aliphatic carbocycles. The van der Waals surface area contributed by atoms with Gasteiger partial charge < -0.3 is 4.74 Å². The number of halogens is 3. The van der Waals surface area contributed by atoms with E-state index in [1.165, 1.54) is 17.4 Å². The number of rotatable bonds is 3. The average Bonchev–Trinajstić information content (AvgIpc) is 2.81. The molecule has 2 rings (SSSR count). The molecule has 0 amide bonds. The molecule has 0 bridgehead atoms. The van der Waals surface area contributed by atoms with Crippen molar-refractivity contribution in [1.29, 1.82) is 5.26 Å². The molecule has 0 fully saturated rings. The Morgan fingerprint density at radius 1 is 1.40 bits per heavy atom. The maximum atomic E-state index is 12.9. The summed E-state index contributed by atoms with van der Waals surface area (Å²) in [4.78, 5) is 4.74. The highest BCUT2D eigenvalue weighted by molar-refractivity contribution is 7.11. The van der Waals surface area contributed by atoms with Crippen molar-refractivity contribution in [2.24, 2.45) is 0 Å². The first kappa shape index (κ1) is 14.3. The molecule has 1 aromatic carbocycles. The number of nitrogens with zero attached hydrogens (tertiary/aromatic N) is 2. The Bertz CT molecular complexity index is 658. The third kappa shape index (κ3) is 3.27. The SMILES string of the molecule is Cc1ncc(COc2ccc(C#N)cc2C(F)(F)F)s1. The topological polar surface area (TPSA) is 45.9 Å². The normalized spacial score (nSPS) is 11.2. The number of aryl methyl sites for hydroxylation is 1. The quantitative estimate of drug-likeness (QED) is 0.862. The second-order valence-corrected chi connectivity index (χ2v) is 5.27. The third-order valence-electron chi connectivity index (χ3n) is 2.45. The standard InChI is InChI=1S/C13H9F3N2OS/c1-8-18-6-10(20-8)7-19-12-3-2-9(5-17)4-11(12)13(14,15)16/h2-4,6H,7H2,1H3. The molecule has 0 spiro atoms. The van der Waals surface area contributed by atoms with Crippen LogP contribution in [0.5, 0.6) is 5.75 Å². The largest absolute Gasteiger partial charge is 0.487 e. The Kier molecular flexibility index (Phi) is 3.95. The lowest BCUT2D eigenvalue weighted by Gasteiger charge is -2.13. The summed E-state index contributed by atoms with van der Waals surface area (Å²) in [6, 6.07) is 4.92. The zero-order valence-corrected chi connectivity index (χ0v) is 11.2. The van der Waals surface area contributed by atoms with Gasteiger partial charge in [0.15, 0.2) is 0 Å². The van der Waals surface area contributed by atoms with E-state index in [1.807, 2.05) is 0 Å². The zero-order valence-electron chi connectivity index (χ0n) is 10.4. The van der Waals surface area contributed by atoms with Crippen LogP contribution in [0.25, 0.3) is 0 Å². The van der Waals surface area contributed by atoms with E-state index in [-0.39, 0.29) is 17.9 Å². The van der Waals surface area contributed by atoms with Gasteiger partial charge in [-0.25, -0.2) is 4.98 Å². The van der Waals surface area contributed by atoms with Crippen molar-refractivity contribution in [2.45, 2.75) is 19.7 Å². The van der Waals surface area contributed by atoms with Crippen molar-refractivity contribution >= 4 is 11.3 Å². The van der Waals surface area contributed by atoms with Gasteiger partial charge in [0.2, 0.25) is 0 Å². The Morgan fingerprint density at radius 3 is 2.70 bits per heavy atom. The minimum atomic E-state index is -4.56. The van der Waals surface area contributed by atoms with Crippen molar-refractivity contribution in [1.82, 2.24) is 4.98 Å². The van der Waals surface area contributed by atoms with Crippen molar-refractivity contribution in [3.63, 3.8) is 0 Å². The van der Waals surface area contributed by atoms with Crippen molar-refractivity contribution < 1.29 is 17.9 Å². The average molecular weight is 298 g/mol. The number of ether oxygens (including phenoxy) is 1. The Morgan fingerprint density at radius 2 is 2.15 bits per heavy atom. The third-order valence-corrected chi connectivity index (χ3v) is 3.34. The summed E-state index contributed by atoms with van der Waals surface area (Å²) in [5, 5.41) is 9.48. The molecule has 0 radical (unpaired) electrons. The molecular formula is C13H9F3N2OS. The van der Waals surface area contributed by atoms with E-state index in [4.69, 9.17) is 10.00 Å². The molecule has 7 heteroatoms. The van der Waals surface area contributed by atoms with Crippen molar-refractivity contribution in [3.8, 4) is 11.8 Å². The predicted octanol–water partition coefficient (Wildman–Crippen LogP) is 3.92. The van der Waals surface area contributed by atoms with E-state index >= 15 is 0 Å². The first-order chi connectivity index (χ1) is 9.40. The number of hydrogen-bond donors (Lipinski definition) is 0. The smallest absolute Gasteiger partial charge is 0.420 e. The summed E-state index contributed by atoms with van der Waals surface area (Å²) in [6.45, 7) is 1.82. The van der Waals surface area contributed by atoms with Crippen LogP contribution >= 0.6 is 11.3 Å². The highest BCUT2D eigenvalue weighted by atomic mass is 32.1. The first-order valence-electron chi connectivity index (χ1n) is 5.55. The fourth-order valence-electron chi connectivity index (χ4n) is 1.57. The highest BCUT2D eigenvalue weighted by Crippen LogP contribution is 2.37. The van der Waals surface area contributed by atoms with Crippen LogP contribution in [0.15, 0.2) is 24.4 Å². The number of aromatic nitrogens is 1. The van der Waals surface area contributed by atoms with Crippen LogP contribution in [0.1, 0.15) is 21.0 Å². The Hall–Kier alpha value is -2.07. The molecule has 3 nitrogen and oxygen atoms in total. The molecule has 0 saturated carbocycles. The summed E-state index contributed by atoms with van der Waals surface area (Å²) in [5.41, 5.74) is -1.00. The molecule has 2 aromatic rings. The zero-order chi connectivity index (χ0) is 14.8. The Balaban J connectivity index is 2.25. The van der Waals surface area contributed by atoms with Crippen LogP contribution < -0.4 is 4.74 Å². The second-order valence-electron chi connectivity index (χ2n) is 3.95. The molecular weight excluding hydrogens is 289 g/mol. The Labute approximate surface area is 117 Å². The van der Waals surface area contributed by atoms with Crippen LogP contribution in [0.2, 0.25) is 0 Å². The minimum absolute atomic E-state index is 0.0144. The van der Waals surface area contributed by atoms with Gasteiger partial charge in [0.05, 0.1) is 27.1 Å². The van der Waals surface area contributed by atoms with Gasteiger partial charge in [0, 0.05) is 6.20 Å². The van der Waals surface area contributed by atoms with E-state index < -0.39 is 11.7 Å². The monoisotopic (exact) mass is 298 g/mol. The number of hydrogen-bond acceptors (Lipinski definition) is 4. The lowest BCUT2D eigenvalue weighted by molar-refractivity contribution is -0.139. The summed E-state index contributed by atoms with van der Waals surface area (Å²) in [6.07, 6.45) is -3.00. The van der Waals surface area contributed by atoms with Crippen LogP contribution in [-0.4, -0.2) is 4.98 Å². The van der Waals surface area contributed by atoms with Gasteiger partial charge in [-0.3, -0.25) is 0 Å². The second kappa shape index (κ2) is 5.51. The molecule has 0 N–H and O–H groups in total. The van der Waals surface area contributed by atoms with Gasteiger partial charge in [-0.15, -0.1) is 11.3 Å². The number of thiazole rings is 1. The van der Waals surface area contributed by atoms with Gasteiger partial charge in [-0.2, -0.15) is 18.4 Å². The lowest BCUT2D eigenvalue weighted by atomic mass is 10.1. The minimum Gasteiger partial charge on any atom is -0.487 e. The van der Waals surface area contributed by atoms with E-state index in [0.29, 0.717) is 0 Å². The van der Waals surface area contributed by atoms with Crippen LogP contribution in [-0.2, 0) is 12.8 Å². The molecule has 0 atom stereocenters. The molecule has 1 aromatic heterocycles. The number of nitriles is 1. The van der Waals surface area contributed by atoms with Gasteiger partial charge in [-0.1, -0.05) is 0 Å². The molecule has 0 saturated heterocycles. The molecule has 0 aliphatic heterocycles. The molecule has 0 unspecified atom stereocenters. The van der Waals surface area contributed by atoms with E-state index in [0.717, 1.165) is 22.0 Å². The van der Waals surface area contributed by atoms with Gasteiger partial charge >= 0.3 is 6.18 Å². The van der Waals surface area contributed by atoms with Gasteiger partial charge in [0.1, 0.15) is 12.4 Å². The first-order valence-corrected chi connectivity index (χ1v) is 6.37. The number of benzene rings is 1. The number of alkyl halides is 3. The van der Waals surface area contributed by atoms with Crippen molar-refractivity contribution in [2.75, 3.05) is 0 Å². The summed E-state index contributed by atoms with van der Waals surface area (Å²) >= 11 is 1.36. The fourth-order valence-corrected chi connectivity index (χ4v) is 2.28. The van der Waals surface area contributed by atoms with Gasteiger partial charge in [-0.05, 0) is 25.1 Å². The van der Waals surface area contributed by atoms with Crippen LogP contribution in [0.3, 0.4) is 0 Å². The lowest BCUT2D eigenvalue weighted by Crippen LogP contribution is -2.09. The summed E-state index contributed by atoms with van der Waals surface area (Å²) < 4.78 is 43.9. The predicted molar refractivity (Wildman–Crippen MR) is 67.3 cm³/mol. The summed E-state index contributed by atoms with van der Waals surface area (Å²) in [7, 11) is 0. The molecule has 1 heterocycles. The maximum Gasteiger partial charge on any atom is 0.420 e. The van der Waals surface area contributed by atoms with E-state index in [2.05, 4.69) is 4.98 Å². The van der Waals surface area contributed by atoms with Crippen LogP contribution in [0, 0.1) is 18.3 Å². The maximum absolute atomic E-state index is 12.9. The fraction of sp³-hybridized carbons (Fsp3) is 0.231. The highest BCUT2D eigenvalue weighted by Gasteiger charge is 2.34. The van der Waals surface area contributed by atoms with Gasteiger partial charge in [0.25, 0.3) is 0 Å². The summed E-state index contributed by atoms with van der Waals surface area (Å²) in [5.74, 6) is -0.289. The van der Waals surface area contributed by atoms with Crippen LogP contribution in [0.4, 0.5) is 13.2 Å². The molecule has 20 heavy (non-hydrogen) atoms. The molecule has 104 valence electrons. The van der Waals surface area contributed by atoms with Crippen molar-refractivity contribution in [3.05, 3.63) is 45.4 Å². The molecule has 0 aliphatic rings.